The van der Waals surface area contributed by atoms with E-state index in [1.54, 1.807) is 54.6 Å². The third-order valence-electron chi connectivity index (χ3n) is 3.48. The number of carbonyl (C=O) groups excluding carboxylic acids is 3. The molecule has 1 heterocycles. The van der Waals surface area contributed by atoms with E-state index in [-0.39, 0.29) is 4.32 Å². The molecule has 5 nitrogen and oxygen atoms in total. The summed E-state index contributed by atoms with van der Waals surface area (Å²) in [6, 6.07) is 13.0. The molecule has 2 aromatic rings. The summed E-state index contributed by atoms with van der Waals surface area (Å²) in [5.74, 6) is -0.878. The van der Waals surface area contributed by atoms with Gasteiger partial charge in [-0.05, 0) is 48.1 Å². The number of nitrogens with zero attached hydrogens (tertiary/aromatic N) is 1. The van der Waals surface area contributed by atoms with E-state index in [0.29, 0.717) is 21.1 Å². The molecule has 3 rings (SSSR count). The number of nitrogens with one attached hydrogen (secondary N) is 1. The number of rotatable bonds is 4. The number of hydrazine groups is 1. The molecule has 2 amide bonds. The van der Waals surface area contributed by atoms with Gasteiger partial charge in [-0.3, -0.25) is 19.8 Å². The number of thiocarbonyl (C=S) groups is 1. The van der Waals surface area contributed by atoms with Gasteiger partial charge in [0, 0.05) is 16.1 Å². The third-order valence-corrected chi connectivity index (χ3v) is 5.04. The standard InChI is InChI=1S/C18H11ClN2O3S2/c19-14-7-5-13(6-8-14)16(23)20-21-17(24)15(26-18(21)25)9-11-1-3-12(10-22)4-2-11/h1-10H,(H,20,23). The zero-order chi connectivity index (χ0) is 18.7. The van der Waals surface area contributed by atoms with Crippen molar-refractivity contribution in [3.8, 4) is 0 Å². The van der Waals surface area contributed by atoms with Crippen LogP contribution in [0.5, 0.6) is 0 Å². The minimum atomic E-state index is -0.463. The van der Waals surface area contributed by atoms with Gasteiger partial charge in [0.2, 0.25) is 0 Å². The Balaban J connectivity index is 1.75. The predicted octanol–water partition coefficient (Wildman–Crippen LogP) is 3.70. The van der Waals surface area contributed by atoms with Crippen molar-refractivity contribution < 1.29 is 14.4 Å². The summed E-state index contributed by atoms with van der Waals surface area (Å²) in [6.07, 6.45) is 2.40. The number of halogens is 1. The first-order chi connectivity index (χ1) is 12.5. The molecule has 1 saturated heterocycles. The van der Waals surface area contributed by atoms with Crippen molar-refractivity contribution in [3.63, 3.8) is 0 Å². The van der Waals surface area contributed by atoms with E-state index < -0.39 is 11.8 Å². The molecule has 1 aliphatic rings. The molecule has 0 radical (unpaired) electrons. The zero-order valence-corrected chi connectivity index (χ0v) is 15.5. The first-order valence-electron chi connectivity index (χ1n) is 7.37. The topological polar surface area (TPSA) is 66.5 Å². The van der Waals surface area contributed by atoms with Crippen molar-refractivity contribution in [1.82, 2.24) is 10.4 Å². The average Bonchev–Trinajstić information content (AvgIpc) is 2.90. The lowest BCUT2D eigenvalue weighted by Gasteiger charge is -2.15. The van der Waals surface area contributed by atoms with Crippen LogP contribution in [0.1, 0.15) is 26.3 Å². The first kappa shape index (κ1) is 18.3. The second-order valence-corrected chi connectivity index (χ2v) is 7.36. The number of aldehydes is 1. The average molecular weight is 403 g/mol. The number of benzene rings is 2. The minimum Gasteiger partial charge on any atom is -0.298 e. The third kappa shape index (κ3) is 4.01. The van der Waals surface area contributed by atoms with Crippen LogP contribution in [0.4, 0.5) is 0 Å². The van der Waals surface area contributed by atoms with Gasteiger partial charge in [-0.25, -0.2) is 0 Å². The lowest BCUT2D eigenvalue weighted by atomic mass is 10.1. The second-order valence-electron chi connectivity index (χ2n) is 5.25. The van der Waals surface area contributed by atoms with Crippen LogP contribution in [0.15, 0.2) is 53.4 Å². The number of hydrogen-bond acceptors (Lipinski definition) is 5. The number of amides is 2. The Morgan fingerprint density at radius 2 is 1.69 bits per heavy atom. The Morgan fingerprint density at radius 3 is 2.31 bits per heavy atom. The van der Waals surface area contributed by atoms with Gasteiger partial charge in [-0.1, -0.05) is 47.6 Å². The van der Waals surface area contributed by atoms with Gasteiger partial charge < -0.3 is 0 Å². The number of hydrogen-bond donors (Lipinski definition) is 1. The van der Waals surface area contributed by atoms with Crippen LogP contribution in [0.3, 0.4) is 0 Å². The SMILES string of the molecule is O=Cc1ccc(C=C2SC(=S)N(NC(=O)c3ccc(Cl)cc3)C2=O)cc1. The van der Waals surface area contributed by atoms with Crippen LogP contribution in [-0.4, -0.2) is 27.4 Å². The van der Waals surface area contributed by atoms with E-state index in [1.807, 2.05) is 0 Å². The molecule has 130 valence electrons. The van der Waals surface area contributed by atoms with E-state index in [4.69, 9.17) is 23.8 Å². The van der Waals surface area contributed by atoms with Gasteiger partial charge in [0.1, 0.15) is 6.29 Å². The highest BCUT2D eigenvalue weighted by molar-refractivity contribution is 8.26. The first-order valence-corrected chi connectivity index (χ1v) is 8.98. The van der Waals surface area contributed by atoms with Crippen molar-refractivity contribution in [2.45, 2.75) is 0 Å². The monoisotopic (exact) mass is 402 g/mol. The molecule has 0 bridgehead atoms. The van der Waals surface area contributed by atoms with E-state index in [1.165, 1.54) is 0 Å². The van der Waals surface area contributed by atoms with Crippen LogP contribution >= 0.6 is 35.6 Å². The summed E-state index contributed by atoms with van der Waals surface area (Å²) < 4.78 is 0.230. The lowest BCUT2D eigenvalue weighted by Crippen LogP contribution is -2.44. The highest BCUT2D eigenvalue weighted by Crippen LogP contribution is 2.31. The Labute approximate surface area is 164 Å². The highest BCUT2D eigenvalue weighted by Gasteiger charge is 2.33. The Bertz CT molecular complexity index is 924. The number of carbonyl (C=O) groups is 3. The van der Waals surface area contributed by atoms with Crippen molar-refractivity contribution in [2.24, 2.45) is 0 Å². The van der Waals surface area contributed by atoms with Crippen LogP contribution in [-0.2, 0) is 4.79 Å². The second kappa shape index (κ2) is 7.82. The molecule has 0 unspecified atom stereocenters. The lowest BCUT2D eigenvalue weighted by molar-refractivity contribution is -0.123. The van der Waals surface area contributed by atoms with Crippen LogP contribution in [0.2, 0.25) is 5.02 Å². The zero-order valence-electron chi connectivity index (χ0n) is 13.1. The number of thioether (sulfide) groups is 1. The van der Waals surface area contributed by atoms with Crippen molar-refractivity contribution in [2.75, 3.05) is 0 Å². The summed E-state index contributed by atoms with van der Waals surface area (Å²) in [5.41, 5.74) is 4.16. The maximum Gasteiger partial charge on any atom is 0.285 e. The van der Waals surface area contributed by atoms with E-state index in [9.17, 15) is 14.4 Å². The van der Waals surface area contributed by atoms with Crippen LogP contribution in [0, 0.1) is 0 Å². The van der Waals surface area contributed by atoms with Gasteiger partial charge in [0.25, 0.3) is 11.8 Å². The molecule has 2 aromatic carbocycles. The summed E-state index contributed by atoms with van der Waals surface area (Å²) in [5, 5.41) is 1.55. The normalized spacial score (nSPS) is 15.4. The predicted molar refractivity (Wildman–Crippen MR) is 106 cm³/mol. The Kier molecular flexibility index (Phi) is 5.51. The van der Waals surface area contributed by atoms with E-state index in [2.05, 4.69) is 5.43 Å². The molecule has 0 aromatic heterocycles. The maximum absolute atomic E-state index is 12.5. The molecule has 1 fully saturated rings. The fourth-order valence-corrected chi connectivity index (χ4v) is 3.46. The Morgan fingerprint density at radius 1 is 1.08 bits per heavy atom. The van der Waals surface area contributed by atoms with Gasteiger partial charge in [-0.15, -0.1) is 0 Å². The maximum atomic E-state index is 12.5. The fourth-order valence-electron chi connectivity index (χ4n) is 2.15. The minimum absolute atomic E-state index is 0.230. The van der Waals surface area contributed by atoms with Gasteiger partial charge >= 0.3 is 0 Å². The van der Waals surface area contributed by atoms with Gasteiger partial charge in [0.15, 0.2) is 4.32 Å². The Hall–Kier alpha value is -2.48. The van der Waals surface area contributed by atoms with Gasteiger partial charge in [-0.2, -0.15) is 5.01 Å². The molecule has 26 heavy (non-hydrogen) atoms. The van der Waals surface area contributed by atoms with Crippen molar-refractivity contribution >= 4 is 64.1 Å². The molecule has 8 heteroatoms. The smallest absolute Gasteiger partial charge is 0.285 e. The summed E-state index contributed by atoms with van der Waals surface area (Å²) in [4.78, 5) is 35.9. The molecule has 1 N–H and O–H groups in total. The molecule has 0 atom stereocenters. The quantitative estimate of drug-likeness (QED) is 0.480. The summed E-state index contributed by atoms with van der Waals surface area (Å²) in [7, 11) is 0. The van der Waals surface area contributed by atoms with Crippen LogP contribution < -0.4 is 5.43 Å². The molecule has 0 saturated carbocycles. The van der Waals surface area contributed by atoms with Crippen molar-refractivity contribution in [1.29, 1.82) is 0 Å². The van der Waals surface area contributed by atoms with Crippen molar-refractivity contribution in [3.05, 3.63) is 75.1 Å². The molecular weight excluding hydrogens is 392 g/mol. The van der Waals surface area contributed by atoms with E-state index >= 15 is 0 Å². The van der Waals surface area contributed by atoms with E-state index in [0.717, 1.165) is 28.6 Å². The fraction of sp³-hybridized carbons (Fsp3) is 0. The van der Waals surface area contributed by atoms with Crippen LogP contribution in [0.25, 0.3) is 6.08 Å². The largest absolute Gasteiger partial charge is 0.298 e. The molecular formula is C18H11ClN2O3S2. The summed E-state index contributed by atoms with van der Waals surface area (Å²) >= 11 is 12.1. The molecule has 1 aliphatic heterocycles. The summed E-state index contributed by atoms with van der Waals surface area (Å²) in [6.45, 7) is 0. The molecule has 0 aliphatic carbocycles. The molecule has 0 spiro atoms. The van der Waals surface area contributed by atoms with Gasteiger partial charge in [0.05, 0.1) is 4.91 Å². The highest BCUT2D eigenvalue weighted by atomic mass is 35.5.